The normalized spacial score (nSPS) is 10.4. The number of hydrogen-bond acceptors (Lipinski definition) is 4. The van der Waals surface area contributed by atoms with Gasteiger partial charge in [-0.05, 0) is 24.6 Å². The summed E-state index contributed by atoms with van der Waals surface area (Å²) in [6.45, 7) is 1.90. The maximum atomic E-state index is 11.3. The van der Waals surface area contributed by atoms with Crippen LogP contribution in [0.25, 0.3) is 11.0 Å². The molecule has 0 fully saturated rings. The molecule has 2 aromatic rings. The van der Waals surface area contributed by atoms with Crippen LogP contribution < -0.4 is 15.1 Å². The fourth-order valence-corrected chi connectivity index (χ4v) is 1.68. The molecule has 0 unspecified atom stereocenters. The molecule has 0 spiro atoms. The first-order valence-electron chi connectivity index (χ1n) is 4.82. The van der Waals surface area contributed by atoms with E-state index in [2.05, 4.69) is 0 Å². The lowest BCUT2D eigenvalue weighted by Crippen LogP contribution is -2.00. The fraction of sp³-hybridized carbons (Fsp3) is 0.250. The minimum Gasteiger partial charge on any atom is -0.496 e. The molecule has 1 heterocycles. The number of fused-ring (bicyclic) bond motifs is 1. The molecule has 0 bridgehead atoms. The van der Waals surface area contributed by atoms with Crippen molar-refractivity contribution in [3.63, 3.8) is 0 Å². The maximum Gasteiger partial charge on any atom is 0.339 e. The van der Waals surface area contributed by atoms with Crippen molar-refractivity contribution >= 4 is 11.0 Å². The molecule has 2 rings (SSSR count). The van der Waals surface area contributed by atoms with E-state index in [0.29, 0.717) is 22.5 Å². The summed E-state index contributed by atoms with van der Waals surface area (Å²) in [5, 5.41) is 0.676. The Morgan fingerprint density at radius 2 is 1.69 bits per heavy atom. The molecule has 0 radical (unpaired) electrons. The van der Waals surface area contributed by atoms with Gasteiger partial charge in [-0.25, -0.2) is 4.79 Å². The average Bonchev–Trinajstić information content (AvgIpc) is 2.26. The SMILES string of the molecule is COc1cc(C)cc2oc(=O)cc(OC)c12. The van der Waals surface area contributed by atoms with Crippen LogP contribution in [0.5, 0.6) is 11.5 Å². The highest BCUT2D eigenvalue weighted by Crippen LogP contribution is 2.33. The van der Waals surface area contributed by atoms with Crippen molar-refractivity contribution in [1.82, 2.24) is 0 Å². The van der Waals surface area contributed by atoms with Crippen molar-refractivity contribution in [2.75, 3.05) is 14.2 Å². The Balaban J connectivity index is 2.93. The number of aryl methyl sites for hydroxylation is 1. The first kappa shape index (κ1) is 10.5. The number of hydrogen-bond donors (Lipinski definition) is 0. The highest BCUT2D eigenvalue weighted by atomic mass is 16.5. The smallest absolute Gasteiger partial charge is 0.339 e. The van der Waals surface area contributed by atoms with Crippen LogP contribution in [-0.2, 0) is 0 Å². The van der Waals surface area contributed by atoms with Gasteiger partial charge < -0.3 is 13.9 Å². The van der Waals surface area contributed by atoms with Crippen molar-refractivity contribution in [2.45, 2.75) is 6.92 Å². The highest BCUT2D eigenvalue weighted by molar-refractivity contribution is 5.90. The van der Waals surface area contributed by atoms with Crippen LogP contribution in [0.2, 0.25) is 0 Å². The van der Waals surface area contributed by atoms with E-state index in [-0.39, 0.29) is 0 Å². The van der Waals surface area contributed by atoms with Crippen molar-refractivity contribution in [2.24, 2.45) is 0 Å². The van der Waals surface area contributed by atoms with Gasteiger partial charge in [0, 0.05) is 0 Å². The molecule has 4 nitrogen and oxygen atoms in total. The van der Waals surface area contributed by atoms with Gasteiger partial charge in [-0.1, -0.05) is 0 Å². The summed E-state index contributed by atoms with van der Waals surface area (Å²) in [5.74, 6) is 1.10. The number of ether oxygens (including phenoxy) is 2. The highest BCUT2D eigenvalue weighted by Gasteiger charge is 2.12. The lowest BCUT2D eigenvalue weighted by atomic mass is 10.1. The fourth-order valence-electron chi connectivity index (χ4n) is 1.68. The molecule has 4 heteroatoms. The molecule has 0 amide bonds. The molecule has 16 heavy (non-hydrogen) atoms. The molecular formula is C12H12O4. The van der Waals surface area contributed by atoms with Crippen molar-refractivity contribution in [1.29, 1.82) is 0 Å². The third-order valence-electron chi connectivity index (χ3n) is 2.36. The van der Waals surface area contributed by atoms with Crippen molar-refractivity contribution < 1.29 is 13.9 Å². The first-order chi connectivity index (χ1) is 7.65. The Hall–Kier alpha value is -1.97. The van der Waals surface area contributed by atoms with Crippen LogP contribution in [-0.4, -0.2) is 14.2 Å². The zero-order valence-electron chi connectivity index (χ0n) is 9.37. The third kappa shape index (κ3) is 1.62. The van der Waals surface area contributed by atoms with Gasteiger partial charge in [0.1, 0.15) is 22.5 Å². The molecule has 1 aromatic carbocycles. The van der Waals surface area contributed by atoms with Crippen LogP contribution in [0.3, 0.4) is 0 Å². The maximum absolute atomic E-state index is 11.3. The summed E-state index contributed by atoms with van der Waals surface area (Å²) in [6.07, 6.45) is 0. The Morgan fingerprint density at radius 1 is 1.06 bits per heavy atom. The van der Waals surface area contributed by atoms with Crippen molar-refractivity contribution in [3.8, 4) is 11.5 Å². The second-order valence-electron chi connectivity index (χ2n) is 3.47. The van der Waals surface area contributed by atoms with Gasteiger partial charge in [-0.15, -0.1) is 0 Å². The molecule has 0 saturated heterocycles. The monoisotopic (exact) mass is 220 g/mol. The minimum absolute atomic E-state index is 0.433. The molecule has 0 saturated carbocycles. The van der Waals surface area contributed by atoms with Crippen LogP contribution in [0.4, 0.5) is 0 Å². The van der Waals surface area contributed by atoms with Gasteiger partial charge in [0.25, 0.3) is 0 Å². The van der Waals surface area contributed by atoms with Gasteiger partial charge in [-0.3, -0.25) is 0 Å². The topological polar surface area (TPSA) is 48.7 Å². The van der Waals surface area contributed by atoms with Crippen LogP contribution in [0.15, 0.2) is 27.4 Å². The predicted molar refractivity (Wildman–Crippen MR) is 60.3 cm³/mol. The van der Waals surface area contributed by atoms with E-state index in [0.717, 1.165) is 5.56 Å². The van der Waals surface area contributed by atoms with Gasteiger partial charge in [0.15, 0.2) is 0 Å². The second kappa shape index (κ2) is 3.89. The van der Waals surface area contributed by atoms with Crippen LogP contribution in [0.1, 0.15) is 5.56 Å². The van der Waals surface area contributed by atoms with E-state index < -0.39 is 5.63 Å². The lowest BCUT2D eigenvalue weighted by molar-refractivity contribution is 0.399. The van der Waals surface area contributed by atoms with E-state index in [1.54, 1.807) is 13.2 Å². The van der Waals surface area contributed by atoms with Gasteiger partial charge in [0.05, 0.1) is 20.3 Å². The largest absolute Gasteiger partial charge is 0.496 e. The minimum atomic E-state index is -0.433. The van der Waals surface area contributed by atoms with Crippen LogP contribution >= 0.6 is 0 Å². The summed E-state index contributed by atoms with van der Waals surface area (Å²) < 4.78 is 15.5. The van der Waals surface area contributed by atoms with Gasteiger partial charge in [0.2, 0.25) is 0 Å². The number of rotatable bonds is 2. The molecule has 0 aliphatic heterocycles. The summed E-state index contributed by atoms with van der Waals surface area (Å²) in [4.78, 5) is 11.3. The molecule has 1 aromatic heterocycles. The van der Waals surface area contributed by atoms with Gasteiger partial charge in [-0.2, -0.15) is 0 Å². The summed E-state index contributed by atoms with van der Waals surface area (Å²) >= 11 is 0. The molecule has 84 valence electrons. The zero-order chi connectivity index (χ0) is 11.7. The Kier molecular flexibility index (Phi) is 2.56. The average molecular weight is 220 g/mol. The van der Waals surface area contributed by atoms with Gasteiger partial charge >= 0.3 is 5.63 Å². The molecule has 0 N–H and O–H groups in total. The first-order valence-corrected chi connectivity index (χ1v) is 4.82. The van der Waals surface area contributed by atoms with Crippen molar-refractivity contribution in [3.05, 3.63) is 34.2 Å². The van der Waals surface area contributed by atoms with E-state index in [1.165, 1.54) is 13.2 Å². The molecule has 0 aliphatic rings. The summed E-state index contributed by atoms with van der Waals surface area (Å²) in [6, 6.07) is 4.95. The van der Waals surface area contributed by atoms with Crippen LogP contribution in [0, 0.1) is 6.92 Å². The van der Waals surface area contributed by atoms with E-state index in [1.807, 2.05) is 13.0 Å². The number of benzene rings is 1. The zero-order valence-corrected chi connectivity index (χ0v) is 9.37. The van der Waals surface area contributed by atoms with E-state index >= 15 is 0 Å². The van der Waals surface area contributed by atoms with E-state index in [9.17, 15) is 4.79 Å². The Morgan fingerprint density at radius 3 is 2.31 bits per heavy atom. The number of methoxy groups -OCH3 is 2. The summed E-state index contributed by atoms with van der Waals surface area (Å²) in [5.41, 5.74) is 0.999. The quantitative estimate of drug-likeness (QED) is 0.727. The summed E-state index contributed by atoms with van der Waals surface area (Å²) in [7, 11) is 3.08. The molecule has 0 aliphatic carbocycles. The third-order valence-corrected chi connectivity index (χ3v) is 2.36. The Labute approximate surface area is 92.4 Å². The Bertz CT molecular complexity index is 583. The molecule has 0 atom stereocenters. The molecular weight excluding hydrogens is 208 g/mol. The second-order valence-corrected chi connectivity index (χ2v) is 3.47. The predicted octanol–water partition coefficient (Wildman–Crippen LogP) is 2.12. The lowest BCUT2D eigenvalue weighted by Gasteiger charge is -2.09. The van der Waals surface area contributed by atoms with E-state index in [4.69, 9.17) is 13.9 Å². The standard InChI is InChI=1S/C12H12O4/c1-7-4-8(14-2)12-9(15-3)6-11(13)16-10(12)5-7/h4-6H,1-3H3.